The molecule has 1 saturated heterocycles. The topological polar surface area (TPSA) is 35.5 Å². The highest BCUT2D eigenvalue weighted by molar-refractivity contribution is 5.20. The molecule has 0 bridgehead atoms. The van der Waals surface area contributed by atoms with Crippen molar-refractivity contribution in [2.45, 2.75) is 44.8 Å². The number of rotatable bonds is 7. The zero-order chi connectivity index (χ0) is 14.4. The van der Waals surface area contributed by atoms with Crippen LogP contribution in [0.2, 0.25) is 0 Å². The lowest BCUT2D eigenvalue weighted by Gasteiger charge is -2.25. The van der Waals surface area contributed by atoms with Gasteiger partial charge in [0.15, 0.2) is 0 Å². The van der Waals surface area contributed by atoms with E-state index in [4.69, 9.17) is 0 Å². The predicted molar refractivity (Wildman–Crippen MR) is 84.0 cm³/mol. The molecule has 0 aliphatic carbocycles. The Kier molecular flexibility index (Phi) is 6.02. The van der Waals surface area contributed by atoms with Crippen molar-refractivity contribution in [1.82, 2.24) is 10.2 Å². The Morgan fingerprint density at radius 3 is 2.45 bits per heavy atom. The van der Waals surface area contributed by atoms with E-state index in [1.54, 1.807) is 0 Å². The molecule has 3 nitrogen and oxygen atoms in total. The van der Waals surface area contributed by atoms with Gasteiger partial charge in [0.2, 0.25) is 0 Å². The summed E-state index contributed by atoms with van der Waals surface area (Å²) in [6, 6.07) is 10.9. The molecule has 0 radical (unpaired) electrons. The third-order valence-electron chi connectivity index (χ3n) is 4.42. The van der Waals surface area contributed by atoms with E-state index < -0.39 is 0 Å². The summed E-state index contributed by atoms with van der Waals surface area (Å²) < 4.78 is 0. The molecule has 0 aromatic heterocycles. The summed E-state index contributed by atoms with van der Waals surface area (Å²) in [5.41, 5.74) is 1.35. The van der Waals surface area contributed by atoms with Gasteiger partial charge in [0, 0.05) is 19.1 Å². The van der Waals surface area contributed by atoms with Crippen LogP contribution in [0.15, 0.2) is 30.3 Å². The molecule has 0 saturated carbocycles. The quantitative estimate of drug-likeness (QED) is 0.801. The Balaban J connectivity index is 1.72. The van der Waals surface area contributed by atoms with Gasteiger partial charge in [-0.25, -0.2) is 0 Å². The number of β-amino-alcohol motifs (C(OH)–C–C–N with tert-alkyl or cyclic N) is 1. The molecule has 1 aliphatic heterocycles. The van der Waals surface area contributed by atoms with Crippen molar-refractivity contribution < 1.29 is 5.11 Å². The molecule has 0 amide bonds. The van der Waals surface area contributed by atoms with E-state index in [9.17, 15) is 5.11 Å². The van der Waals surface area contributed by atoms with E-state index in [1.165, 1.54) is 18.4 Å². The van der Waals surface area contributed by atoms with Crippen molar-refractivity contribution in [3.63, 3.8) is 0 Å². The average molecular weight is 276 g/mol. The number of aliphatic hydroxyl groups excluding tert-OH is 1. The van der Waals surface area contributed by atoms with E-state index in [0.717, 1.165) is 19.6 Å². The van der Waals surface area contributed by atoms with Crippen molar-refractivity contribution in [3.05, 3.63) is 35.9 Å². The Bertz CT molecular complexity index is 376. The number of nitrogens with one attached hydrogen (secondary N) is 1. The zero-order valence-electron chi connectivity index (χ0n) is 12.8. The number of benzene rings is 1. The summed E-state index contributed by atoms with van der Waals surface area (Å²) in [6.07, 6.45) is 2.29. The fraction of sp³-hybridized carbons (Fsp3) is 0.647. The minimum atomic E-state index is -0.265. The van der Waals surface area contributed by atoms with Gasteiger partial charge >= 0.3 is 0 Å². The average Bonchev–Trinajstić information content (AvgIpc) is 2.97. The maximum Gasteiger partial charge on any atom is 0.0791 e. The fourth-order valence-corrected chi connectivity index (χ4v) is 2.87. The van der Waals surface area contributed by atoms with Gasteiger partial charge in [-0.1, -0.05) is 37.3 Å². The maximum absolute atomic E-state index is 10.1. The lowest BCUT2D eigenvalue weighted by molar-refractivity contribution is 0.120. The molecular formula is C17H28N2O. The third-order valence-corrected chi connectivity index (χ3v) is 4.42. The van der Waals surface area contributed by atoms with Crippen molar-refractivity contribution in [1.29, 1.82) is 0 Å². The Labute approximate surface area is 123 Å². The molecule has 112 valence electrons. The van der Waals surface area contributed by atoms with Gasteiger partial charge in [-0.15, -0.1) is 0 Å². The minimum absolute atomic E-state index is 0.265. The first-order chi connectivity index (χ1) is 9.66. The molecule has 3 atom stereocenters. The van der Waals surface area contributed by atoms with E-state index in [0.29, 0.717) is 18.5 Å². The highest BCUT2D eigenvalue weighted by Crippen LogP contribution is 2.18. The zero-order valence-corrected chi connectivity index (χ0v) is 12.8. The first-order valence-corrected chi connectivity index (χ1v) is 7.85. The van der Waals surface area contributed by atoms with Crippen molar-refractivity contribution in [2.75, 3.05) is 26.2 Å². The molecule has 2 N–H and O–H groups in total. The third kappa shape index (κ3) is 4.58. The first-order valence-electron chi connectivity index (χ1n) is 7.85. The standard InChI is InChI=1S/C17H28N2O/c1-14(16-8-4-3-5-9-16)15(2)18-12-17(20)13-19-10-6-7-11-19/h3-5,8-9,14-15,17-18,20H,6-7,10-13H2,1-2H3. The fourth-order valence-electron chi connectivity index (χ4n) is 2.87. The predicted octanol–water partition coefficient (Wildman–Crippen LogP) is 2.22. The number of hydrogen-bond donors (Lipinski definition) is 2. The SMILES string of the molecule is CC(NCC(O)CN1CCCC1)C(C)c1ccccc1. The molecule has 0 spiro atoms. The summed E-state index contributed by atoms with van der Waals surface area (Å²) in [5, 5.41) is 13.6. The van der Waals surface area contributed by atoms with E-state index >= 15 is 0 Å². The Morgan fingerprint density at radius 2 is 1.80 bits per heavy atom. The number of likely N-dealkylation sites (tertiary alicyclic amines) is 1. The van der Waals surface area contributed by atoms with Crippen LogP contribution in [-0.2, 0) is 0 Å². The lowest BCUT2D eigenvalue weighted by Crippen LogP contribution is -2.41. The number of hydrogen-bond acceptors (Lipinski definition) is 3. The summed E-state index contributed by atoms with van der Waals surface area (Å²) in [7, 11) is 0. The summed E-state index contributed by atoms with van der Waals surface area (Å²) in [4.78, 5) is 2.36. The van der Waals surface area contributed by atoms with Gasteiger partial charge in [-0.3, -0.25) is 0 Å². The van der Waals surface area contributed by atoms with Gasteiger partial charge in [0.1, 0.15) is 0 Å². The van der Waals surface area contributed by atoms with Crippen molar-refractivity contribution in [2.24, 2.45) is 0 Å². The Hall–Kier alpha value is -0.900. The van der Waals surface area contributed by atoms with Crippen molar-refractivity contribution >= 4 is 0 Å². The van der Waals surface area contributed by atoms with Crippen LogP contribution in [0.1, 0.15) is 38.2 Å². The van der Waals surface area contributed by atoms with Crippen LogP contribution in [0, 0.1) is 0 Å². The lowest BCUT2D eigenvalue weighted by atomic mass is 9.94. The van der Waals surface area contributed by atoms with Crippen LogP contribution < -0.4 is 5.32 Å². The van der Waals surface area contributed by atoms with Gasteiger partial charge in [-0.2, -0.15) is 0 Å². The highest BCUT2D eigenvalue weighted by atomic mass is 16.3. The summed E-state index contributed by atoms with van der Waals surface area (Å²) in [5.74, 6) is 0.454. The van der Waals surface area contributed by atoms with Crippen molar-refractivity contribution in [3.8, 4) is 0 Å². The maximum atomic E-state index is 10.1. The van der Waals surface area contributed by atoms with Crippen LogP contribution in [-0.4, -0.2) is 48.3 Å². The van der Waals surface area contributed by atoms with Gasteiger partial charge in [-0.05, 0) is 44.3 Å². The van der Waals surface area contributed by atoms with Crippen LogP contribution >= 0.6 is 0 Å². The molecule has 1 heterocycles. The van der Waals surface area contributed by atoms with Gasteiger partial charge in [0.25, 0.3) is 0 Å². The molecule has 1 aromatic carbocycles. The van der Waals surface area contributed by atoms with E-state index in [2.05, 4.69) is 48.3 Å². The smallest absolute Gasteiger partial charge is 0.0791 e. The molecular weight excluding hydrogens is 248 g/mol. The second-order valence-electron chi connectivity index (χ2n) is 6.06. The van der Waals surface area contributed by atoms with Crippen LogP contribution in [0.5, 0.6) is 0 Å². The molecule has 2 rings (SSSR count). The van der Waals surface area contributed by atoms with E-state index in [-0.39, 0.29) is 6.10 Å². The molecule has 3 heteroatoms. The van der Waals surface area contributed by atoms with Crippen LogP contribution in [0.4, 0.5) is 0 Å². The molecule has 1 fully saturated rings. The first kappa shape index (κ1) is 15.5. The summed E-state index contributed by atoms with van der Waals surface area (Å²) in [6.45, 7) is 8.20. The summed E-state index contributed by atoms with van der Waals surface area (Å²) >= 11 is 0. The second kappa shape index (κ2) is 7.77. The minimum Gasteiger partial charge on any atom is -0.390 e. The monoisotopic (exact) mass is 276 g/mol. The largest absolute Gasteiger partial charge is 0.390 e. The molecule has 20 heavy (non-hydrogen) atoms. The van der Waals surface area contributed by atoms with Crippen LogP contribution in [0.25, 0.3) is 0 Å². The van der Waals surface area contributed by atoms with E-state index in [1.807, 2.05) is 6.07 Å². The number of nitrogens with zero attached hydrogens (tertiary/aromatic N) is 1. The van der Waals surface area contributed by atoms with Gasteiger partial charge < -0.3 is 15.3 Å². The second-order valence-corrected chi connectivity index (χ2v) is 6.06. The van der Waals surface area contributed by atoms with Gasteiger partial charge in [0.05, 0.1) is 6.10 Å². The highest BCUT2D eigenvalue weighted by Gasteiger charge is 2.18. The molecule has 1 aliphatic rings. The normalized spacial score (nSPS) is 20.8. The number of aliphatic hydroxyl groups is 1. The van der Waals surface area contributed by atoms with Crippen LogP contribution in [0.3, 0.4) is 0 Å². The Morgan fingerprint density at radius 1 is 1.15 bits per heavy atom. The molecule has 3 unspecified atom stereocenters. The molecule has 1 aromatic rings.